The largest absolute Gasteiger partial charge is 0.363 e. The zero-order chi connectivity index (χ0) is 14.7. The standard InChI is InChI=1S/C16H21N3S2/c1-2-10-17-16(20)19-11-6-5-8-13(19)15-18-12-7-3-4-9-14(12)21-15/h3-4,7,9,13H,2,5-6,8,10-11H2,1H3,(H,17,20)/t13-/m0/s1. The van der Waals surface area contributed by atoms with Crippen molar-refractivity contribution in [3.63, 3.8) is 0 Å². The molecule has 1 aromatic heterocycles. The average Bonchev–Trinajstić information content (AvgIpc) is 2.96. The maximum Gasteiger partial charge on any atom is 0.169 e. The maximum absolute atomic E-state index is 5.59. The molecule has 1 fully saturated rings. The van der Waals surface area contributed by atoms with E-state index in [9.17, 15) is 0 Å². The second-order valence-electron chi connectivity index (χ2n) is 5.46. The molecule has 21 heavy (non-hydrogen) atoms. The molecule has 3 nitrogen and oxygen atoms in total. The molecule has 1 aliphatic rings. The van der Waals surface area contributed by atoms with E-state index in [0.717, 1.165) is 36.6 Å². The minimum absolute atomic E-state index is 0.341. The van der Waals surface area contributed by atoms with Gasteiger partial charge in [0.1, 0.15) is 5.01 Å². The Hall–Kier alpha value is -1.20. The molecular weight excluding hydrogens is 298 g/mol. The summed E-state index contributed by atoms with van der Waals surface area (Å²) < 4.78 is 1.27. The van der Waals surface area contributed by atoms with Gasteiger partial charge in [0.05, 0.1) is 16.3 Å². The van der Waals surface area contributed by atoms with Crippen LogP contribution >= 0.6 is 23.6 Å². The van der Waals surface area contributed by atoms with Crippen molar-refractivity contribution in [2.75, 3.05) is 13.1 Å². The van der Waals surface area contributed by atoms with Crippen molar-refractivity contribution in [1.82, 2.24) is 15.2 Å². The summed E-state index contributed by atoms with van der Waals surface area (Å²) >= 11 is 7.40. The highest BCUT2D eigenvalue weighted by atomic mass is 32.1. The molecule has 112 valence electrons. The number of thiocarbonyl (C=S) groups is 1. The average molecular weight is 319 g/mol. The molecule has 0 saturated carbocycles. The molecule has 0 bridgehead atoms. The van der Waals surface area contributed by atoms with E-state index in [1.54, 1.807) is 0 Å². The molecule has 0 radical (unpaired) electrons. The van der Waals surface area contributed by atoms with Gasteiger partial charge in [0.25, 0.3) is 0 Å². The molecule has 1 atom stereocenters. The molecule has 2 aromatic rings. The van der Waals surface area contributed by atoms with Crippen LogP contribution < -0.4 is 5.32 Å². The van der Waals surface area contributed by atoms with Crippen LogP contribution in [0.1, 0.15) is 43.7 Å². The van der Waals surface area contributed by atoms with E-state index < -0.39 is 0 Å². The van der Waals surface area contributed by atoms with Crippen molar-refractivity contribution < 1.29 is 0 Å². The number of rotatable bonds is 3. The summed E-state index contributed by atoms with van der Waals surface area (Å²) in [5.74, 6) is 0. The Morgan fingerprint density at radius 1 is 1.43 bits per heavy atom. The normalized spacial score (nSPS) is 18.9. The van der Waals surface area contributed by atoms with E-state index in [-0.39, 0.29) is 0 Å². The first-order chi connectivity index (χ1) is 10.3. The number of nitrogens with zero attached hydrogens (tertiary/aromatic N) is 2. The van der Waals surface area contributed by atoms with Crippen LogP contribution in [-0.4, -0.2) is 28.1 Å². The lowest BCUT2D eigenvalue weighted by molar-refractivity contribution is 0.242. The first-order valence-corrected chi connectivity index (χ1v) is 8.92. The molecule has 5 heteroatoms. The number of benzene rings is 1. The van der Waals surface area contributed by atoms with Gasteiger partial charge in [0.15, 0.2) is 5.11 Å². The lowest BCUT2D eigenvalue weighted by atomic mass is 10.0. The second-order valence-corrected chi connectivity index (χ2v) is 6.91. The molecule has 2 heterocycles. The zero-order valence-corrected chi connectivity index (χ0v) is 14.0. The van der Waals surface area contributed by atoms with E-state index in [1.807, 2.05) is 11.3 Å². The highest BCUT2D eigenvalue weighted by Gasteiger charge is 2.28. The van der Waals surface area contributed by atoms with Crippen molar-refractivity contribution in [3.05, 3.63) is 29.3 Å². The summed E-state index contributed by atoms with van der Waals surface area (Å²) in [5.41, 5.74) is 1.11. The molecule has 0 unspecified atom stereocenters. The van der Waals surface area contributed by atoms with Gasteiger partial charge in [-0.05, 0) is 50.0 Å². The summed E-state index contributed by atoms with van der Waals surface area (Å²) in [7, 11) is 0. The molecule has 3 rings (SSSR count). The lowest BCUT2D eigenvalue weighted by Crippen LogP contribution is -2.44. The third-order valence-electron chi connectivity index (χ3n) is 3.89. The van der Waals surface area contributed by atoms with E-state index in [4.69, 9.17) is 17.2 Å². The van der Waals surface area contributed by atoms with Gasteiger partial charge >= 0.3 is 0 Å². The second kappa shape index (κ2) is 6.71. The van der Waals surface area contributed by atoms with E-state index >= 15 is 0 Å². The van der Waals surface area contributed by atoms with Gasteiger partial charge in [-0.2, -0.15) is 0 Å². The summed E-state index contributed by atoms with van der Waals surface area (Å²) in [6, 6.07) is 8.72. The minimum atomic E-state index is 0.341. The Bertz CT molecular complexity index is 590. The quantitative estimate of drug-likeness (QED) is 0.862. The van der Waals surface area contributed by atoms with Crippen LogP contribution in [0, 0.1) is 0 Å². The number of para-hydroxylation sites is 1. The Morgan fingerprint density at radius 2 is 2.29 bits per heavy atom. The maximum atomic E-state index is 5.59. The highest BCUT2D eigenvalue weighted by molar-refractivity contribution is 7.80. The molecule has 0 spiro atoms. The summed E-state index contributed by atoms with van der Waals surface area (Å²) in [5, 5.41) is 5.46. The van der Waals surface area contributed by atoms with Gasteiger partial charge in [-0.1, -0.05) is 19.1 Å². The number of likely N-dealkylation sites (tertiary alicyclic amines) is 1. The van der Waals surface area contributed by atoms with Crippen LogP contribution in [0.25, 0.3) is 10.2 Å². The number of hydrogen-bond acceptors (Lipinski definition) is 3. The number of thiazole rings is 1. The van der Waals surface area contributed by atoms with Gasteiger partial charge in [-0.25, -0.2) is 4.98 Å². The molecule has 1 aliphatic heterocycles. The van der Waals surface area contributed by atoms with Crippen molar-refractivity contribution in [3.8, 4) is 0 Å². The Labute approximate surface area is 135 Å². The van der Waals surface area contributed by atoms with Gasteiger partial charge < -0.3 is 10.2 Å². The molecule has 1 aromatic carbocycles. The summed E-state index contributed by atoms with van der Waals surface area (Å²) in [4.78, 5) is 7.18. The first-order valence-electron chi connectivity index (χ1n) is 7.69. The van der Waals surface area contributed by atoms with Crippen molar-refractivity contribution in [2.45, 2.75) is 38.6 Å². The molecule has 1 N–H and O–H groups in total. The predicted octanol–water partition coefficient (Wildman–Crippen LogP) is 4.11. The van der Waals surface area contributed by atoms with E-state index in [1.165, 1.54) is 22.5 Å². The number of piperidine rings is 1. The number of hydrogen-bond donors (Lipinski definition) is 1. The Morgan fingerprint density at radius 3 is 3.10 bits per heavy atom. The van der Waals surface area contributed by atoms with Gasteiger partial charge in [0.2, 0.25) is 0 Å². The van der Waals surface area contributed by atoms with Crippen LogP contribution in [0.5, 0.6) is 0 Å². The summed E-state index contributed by atoms with van der Waals surface area (Å²) in [6.45, 7) is 4.15. The van der Waals surface area contributed by atoms with Crippen molar-refractivity contribution in [2.24, 2.45) is 0 Å². The third-order valence-corrected chi connectivity index (χ3v) is 5.40. The van der Waals surface area contributed by atoms with Gasteiger partial charge in [-0.3, -0.25) is 0 Å². The zero-order valence-electron chi connectivity index (χ0n) is 12.3. The van der Waals surface area contributed by atoms with Crippen molar-refractivity contribution >= 4 is 38.9 Å². The molecule has 0 amide bonds. The van der Waals surface area contributed by atoms with Crippen LogP contribution in [0.4, 0.5) is 0 Å². The van der Waals surface area contributed by atoms with Crippen LogP contribution in [0.15, 0.2) is 24.3 Å². The molecule has 0 aliphatic carbocycles. The highest BCUT2D eigenvalue weighted by Crippen LogP contribution is 2.35. The monoisotopic (exact) mass is 319 g/mol. The molecule has 1 saturated heterocycles. The summed E-state index contributed by atoms with van der Waals surface area (Å²) in [6.07, 6.45) is 4.72. The van der Waals surface area contributed by atoms with E-state index in [2.05, 4.69) is 41.4 Å². The predicted molar refractivity (Wildman–Crippen MR) is 93.8 cm³/mol. The third kappa shape index (κ3) is 3.19. The van der Waals surface area contributed by atoms with Crippen molar-refractivity contribution in [1.29, 1.82) is 0 Å². The fraction of sp³-hybridized carbons (Fsp3) is 0.500. The SMILES string of the molecule is CCCNC(=S)N1CCCC[C@H]1c1nc2ccccc2s1. The molecular formula is C16H21N3S2. The van der Waals surface area contributed by atoms with E-state index in [0.29, 0.717) is 6.04 Å². The van der Waals surface area contributed by atoms with Gasteiger partial charge in [0, 0.05) is 13.1 Å². The lowest BCUT2D eigenvalue weighted by Gasteiger charge is -2.36. The van der Waals surface area contributed by atoms with Crippen LogP contribution in [0.2, 0.25) is 0 Å². The smallest absolute Gasteiger partial charge is 0.169 e. The van der Waals surface area contributed by atoms with Crippen LogP contribution in [-0.2, 0) is 0 Å². The first kappa shape index (κ1) is 14.7. The number of nitrogens with one attached hydrogen (secondary N) is 1. The number of aromatic nitrogens is 1. The Kier molecular flexibility index (Phi) is 4.70. The Balaban J connectivity index is 1.84. The number of fused-ring (bicyclic) bond motifs is 1. The fourth-order valence-corrected chi connectivity index (χ4v) is 4.23. The van der Waals surface area contributed by atoms with Gasteiger partial charge in [-0.15, -0.1) is 11.3 Å². The van der Waals surface area contributed by atoms with Crippen LogP contribution in [0.3, 0.4) is 0 Å². The topological polar surface area (TPSA) is 28.2 Å². The minimum Gasteiger partial charge on any atom is -0.363 e. The fourth-order valence-electron chi connectivity index (χ4n) is 2.80.